The first kappa shape index (κ1) is 30.8. The molecule has 234 valence electrons. The van der Waals surface area contributed by atoms with Crippen LogP contribution >= 0.6 is 0 Å². The number of anilines is 3. The second kappa shape index (κ2) is 12.4. The molecule has 3 heterocycles. The van der Waals surface area contributed by atoms with Gasteiger partial charge in [-0.3, -0.25) is 0 Å². The Morgan fingerprint density at radius 2 is 1.47 bits per heavy atom. The maximum atomic E-state index is 6.48. The van der Waals surface area contributed by atoms with E-state index in [9.17, 15) is 0 Å². The summed E-state index contributed by atoms with van der Waals surface area (Å²) in [5.74, 6) is 2.14. The topological polar surface area (TPSA) is 33.5 Å². The third kappa shape index (κ3) is 5.81. The van der Waals surface area contributed by atoms with Gasteiger partial charge in [0.2, 0.25) is 0 Å². The van der Waals surface area contributed by atoms with Gasteiger partial charge in [-0.25, -0.2) is 4.98 Å². The number of nitrogens with zero attached hydrogens (tertiary/aromatic N) is 4. The molecule has 0 saturated carbocycles. The molecule has 0 N–H and O–H groups in total. The van der Waals surface area contributed by atoms with Crippen molar-refractivity contribution in [3.05, 3.63) is 151 Å². The minimum absolute atomic E-state index is 0. The fourth-order valence-corrected chi connectivity index (χ4v) is 6.38. The van der Waals surface area contributed by atoms with Gasteiger partial charge in [-0.05, 0) is 52.3 Å². The van der Waals surface area contributed by atoms with E-state index < -0.39 is 0 Å². The summed E-state index contributed by atoms with van der Waals surface area (Å²) in [6, 6.07) is 49.2. The van der Waals surface area contributed by atoms with Gasteiger partial charge >= 0.3 is 21.1 Å². The molecular weight excluding hydrogens is 760 g/mol. The Kier molecular flexibility index (Phi) is 8.11. The van der Waals surface area contributed by atoms with E-state index in [1.165, 1.54) is 16.8 Å². The van der Waals surface area contributed by atoms with Crippen molar-refractivity contribution in [2.75, 3.05) is 16.5 Å². The van der Waals surface area contributed by atoms with Crippen molar-refractivity contribution in [1.29, 1.82) is 0 Å². The molecule has 0 fully saturated rings. The van der Waals surface area contributed by atoms with Crippen LogP contribution in [0.1, 0.15) is 31.9 Å². The van der Waals surface area contributed by atoms with Crippen molar-refractivity contribution in [2.45, 2.75) is 32.7 Å². The number of hydrogen-bond acceptors (Lipinski definition) is 4. The molecule has 0 atom stereocenters. The second-order valence-electron chi connectivity index (χ2n) is 12.8. The summed E-state index contributed by atoms with van der Waals surface area (Å²) in [6.45, 7) is 8.24. The van der Waals surface area contributed by atoms with Gasteiger partial charge in [0.15, 0.2) is 0 Å². The number of para-hydroxylation sites is 3. The number of aromatic nitrogens is 2. The SMILES string of the molecule is CC(C)(C)c1ccnc(-n2c3[c-]c(Oc4[c-]c(N5CN(Cc6ccccc6)c6ccccc65)ccc4)ccc3c3ccccc32)c1.[Pt+2]. The number of rotatable bonds is 6. The van der Waals surface area contributed by atoms with Crippen molar-refractivity contribution in [1.82, 2.24) is 9.55 Å². The normalized spacial score (nSPS) is 12.7. The van der Waals surface area contributed by atoms with Crippen LogP contribution in [0.25, 0.3) is 27.6 Å². The van der Waals surface area contributed by atoms with Crippen LogP contribution in [0.5, 0.6) is 11.5 Å². The third-order valence-electron chi connectivity index (χ3n) is 8.70. The molecule has 0 unspecified atom stereocenters. The molecule has 0 amide bonds. The standard InChI is InChI=1S/C41H34N4O.Pt/c1-41(2,3)30-22-23-42-40(24-30)45-36-17-8-7-16-34(36)35-21-20-33(26-39(35)45)46-32-15-11-14-31(25-32)44-28-43(27-29-12-5-4-6-13-29)37-18-9-10-19-38(37)44;/h4-24H,27-28H2,1-3H3;/q-2;+2. The molecule has 1 aliphatic rings. The number of benzene rings is 5. The van der Waals surface area contributed by atoms with Crippen LogP contribution in [0.4, 0.5) is 17.1 Å². The Labute approximate surface area is 290 Å². The average molecular weight is 794 g/mol. The first-order chi connectivity index (χ1) is 22.4. The Morgan fingerprint density at radius 1 is 0.723 bits per heavy atom. The van der Waals surface area contributed by atoms with Crippen molar-refractivity contribution in [3.8, 4) is 17.3 Å². The van der Waals surface area contributed by atoms with Crippen molar-refractivity contribution in [3.63, 3.8) is 0 Å². The minimum atomic E-state index is 0. The Morgan fingerprint density at radius 3 is 2.30 bits per heavy atom. The molecule has 7 aromatic rings. The number of pyridine rings is 1. The van der Waals surface area contributed by atoms with Gasteiger partial charge in [0, 0.05) is 29.8 Å². The largest absolute Gasteiger partial charge is 2.00 e. The molecule has 0 aliphatic carbocycles. The summed E-state index contributed by atoms with van der Waals surface area (Å²) in [7, 11) is 0. The second-order valence-corrected chi connectivity index (χ2v) is 12.8. The van der Waals surface area contributed by atoms with E-state index in [2.05, 4.69) is 150 Å². The van der Waals surface area contributed by atoms with Gasteiger partial charge in [0.25, 0.3) is 0 Å². The van der Waals surface area contributed by atoms with Crippen molar-refractivity contribution < 1.29 is 25.8 Å². The molecule has 2 aromatic heterocycles. The van der Waals surface area contributed by atoms with Crippen LogP contribution in [0, 0.1) is 12.1 Å². The van der Waals surface area contributed by atoms with Crippen LogP contribution in [0.15, 0.2) is 128 Å². The summed E-state index contributed by atoms with van der Waals surface area (Å²) in [6.07, 6.45) is 1.90. The molecule has 0 radical (unpaired) electrons. The van der Waals surface area contributed by atoms with Gasteiger partial charge in [-0.2, -0.15) is 12.1 Å². The van der Waals surface area contributed by atoms with Gasteiger partial charge in [-0.15, -0.1) is 35.7 Å². The first-order valence-electron chi connectivity index (χ1n) is 15.7. The summed E-state index contributed by atoms with van der Waals surface area (Å²) < 4.78 is 8.67. The smallest absolute Gasteiger partial charge is 0.509 e. The monoisotopic (exact) mass is 793 g/mol. The van der Waals surface area contributed by atoms with E-state index in [0.29, 0.717) is 11.5 Å². The molecular formula is C41H34N4OPt. The molecule has 1 aliphatic heterocycles. The van der Waals surface area contributed by atoms with E-state index in [1.807, 2.05) is 24.4 Å². The fourth-order valence-electron chi connectivity index (χ4n) is 6.38. The van der Waals surface area contributed by atoms with Gasteiger partial charge in [0.05, 0.1) is 18.0 Å². The molecule has 5 nitrogen and oxygen atoms in total. The van der Waals surface area contributed by atoms with Gasteiger partial charge in [-0.1, -0.05) is 92.6 Å². The quantitative estimate of drug-likeness (QED) is 0.157. The van der Waals surface area contributed by atoms with Crippen LogP contribution < -0.4 is 14.5 Å². The summed E-state index contributed by atoms with van der Waals surface area (Å²) >= 11 is 0. The molecule has 0 saturated heterocycles. The molecule has 47 heavy (non-hydrogen) atoms. The number of fused-ring (bicyclic) bond motifs is 4. The summed E-state index contributed by atoms with van der Waals surface area (Å²) in [5, 5.41) is 2.26. The number of ether oxygens (including phenoxy) is 1. The van der Waals surface area contributed by atoms with Crippen molar-refractivity contribution >= 4 is 38.9 Å². The Balaban J connectivity index is 0.00000351. The zero-order valence-electron chi connectivity index (χ0n) is 26.6. The molecule has 0 bridgehead atoms. The average Bonchev–Trinajstić information content (AvgIpc) is 3.60. The third-order valence-corrected chi connectivity index (χ3v) is 8.70. The predicted molar refractivity (Wildman–Crippen MR) is 188 cm³/mol. The molecule has 8 rings (SSSR count). The number of hydrogen-bond donors (Lipinski definition) is 0. The molecule has 0 spiro atoms. The zero-order valence-corrected chi connectivity index (χ0v) is 28.8. The maximum Gasteiger partial charge on any atom is 2.00 e. The van der Waals surface area contributed by atoms with E-state index in [-0.39, 0.29) is 26.5 Å². The van der Waals surface area contributed by atoms with Crippen LogP contribution in [-0.2, 0) is 33.0 Å². The molecule has 6 heteroatoms. The van der Waals surface area contributed by atoms with Crippen molar-refractivity contribution in [2.24, 2.45) is 0 Å². The summed E-state index contributed by atoms with van der Waals surface area (Å²) in [4.78, 5) is 9.50. The van der Waals surface area contributed by atoms with Gasteiger partial charge < -0.3 is 19.1 Å². The first-order valence-corrected chi connectivity index (χ1v) is 15.7. The fraction of sp³-hybridized carbons (Fsp3) is 0.146. The molecule has 5 aromatic carbocycles. The zero-order chi connectivity index (χ0) is 31.3. The maximum absolute atomic E-state index is 6.48. The minimum Gasteiger partial charge on any atom is -0.509 e. The van der Waals surface area contributed by atoms with Crippen LogP contribution in [0.3, 0.4) is 0 Å². The van der Waals surface area contributed by atoms with E-state index in [4.69, 9.17) is 9.72 Å². The van der Waals surface area contributed by atoms with Crippen LogP contribution in [0.2, 0.25) is 0 Å². The van der Waals surface area contributed by atoms with E-state index >= 15 is 0 Å². The predicted octanol–water partition coefficient (Wildman–Crippen LogP) is 9.98. The van der Waals surface area contributed by atoms with E-state index in [1.54, 1.807) is 0 Å². The van der Waals surface area contributed by atoms with Gasteiger partial charge in [0.1, 0.15) is 5.82 Å². The summed E-state index contributed by atoms with van der Waals surface area (Å²) in [5.41, 5.74) is 7.86. The van der Waals surface area contributed by atoms with E-state index in [0.717, 1.165) is 52.2 Å². The Hall–Kier alpha value is -4.86. The Bertz CT molecular complexity index is 2200. The van der Waals surface area contributed by atoms with Crippen LogP contribution in [-0.4, -0.2) is 16.2 Å².